The Labute approximate surface area is 102 Å². The zero-order valence-electron chi connectivity index (χ0n) is 9.07. The van der Waals surface area contributed by atoms with Gasteiger partial charge in [0, 0.05) is 12.6 Å². The third-order valence-electron chi connectivity index (χ3n) is 2.48. The molecule has 16 heavy (non-hydrogen) atoms. The predicted molar refractivity (Wildman–Crippen MR) is 66.5 cm³/mol. The minimum atomic E-state index is 0.584. The third kappa shape index (κ3) is 1.80. The maximum Gasteiger partial charge on any atom is 0.155 e. The molecule has 0 unspecified atom stereocenters. The maximum absolute atomic E-state index is 11.0. The lowest BCUT2D eigenvalue weighted by atomic mass is 10.1. The van der Waals surface area contributed by atoms with Crippen LogP contribution >= 0.6 is 15.9 Å². The molecular weight excluding hydrogens is 268 g/mol. The maximum atomic E-state index is 11.0. The standard InChI is InChI=1S/C12H11BrN2O/c1-8-3-5-9(6-4-8)11-10(7-16)12(13)14-15(11)2/h3-7H,1-2H3. The van der Waals surface area contributed by atoms with Crippen molar-refractivity contribution in [1.82, 2.24) is 9.78 Å². The zero-order chi connectivity index (χ0) is 11.7. The molecule has 1 heterocycles. The molecule has 0 aliphatic heterocycles. The van der Waals surface area contributed by atoms with E-state index in [4.69, 9.17) is 0 Å². The summed E-state index contributed by atoms with van der Waals surface area (Å²) < 4.78 is 2.29. The van der Waals surface area contributed by atoms with Crippen molar-refractivity contribution >= 4 is 22.2 Å². The Balaban J connectivity index is 2.63. The van der Waals surface area contributed by atoms with Crippen LogP contribution in [0.2, 0.25) is 0 Å². The number of carbonyl (C=O) groups excluding carboxylic acids is 1. The van der Waals surface area contributed by atoms with Crippen LogP contribution in [0.25, 0.3) is 11.3 Å². The highest BCUT2D eigenvalue weighted by molar-refractivity contribution is 9.10. The van der Waals surface area contributed by atoms with Gasteiger partial charge in [-0.1, -0.05) is 29.8 Å². The van der Waals surface area contributed by atoms with Gasteiger partial charge < -0.3 is 0 Å². The zero-order valence-corrected chi connectivity index (χ0v) is 10.7. The molecule has 0 aliphatic carbocycles. The quantitative estimate of drug-likeness (QED) is 0.792. The average molecular weight is 279 g/mol. The molecule has 0 amide bonds. The number of benzene rings is 1. The van der Waals surface area contributed by atoms with Crippen LogP contribution in [0.5, 0.6) is 0 Å². The van der Waals surface area contributed by atoms with Gasteiger partial charge in [-0.15, -0.1) is 0 Å². The Hall–Kier alpha value is -1.42. The lowest BCUT2D eigenvalue weighted by Crippen LogP contribution is -1.95. The van der Waals surface area contributed by atoms with Crippen LogP contribution in [-0.2, 0) is 7.05 Å². The summed E-state index contributed by atoms with van der Waals surface area (Å²) in [6, 6.07) is 8.02. The first kappa shape index (κ1) is 11.1. The predicted octanol–water partition coefficient (Wildman–Crippen LogP) is 2.97. The van der Waals surface area contributed by atoms with Crippen LogP contribution in [-0.4, -0.2) is 16.1 Å². The normalized spacial score (nSPS) is 10.4. The summed E-state index contributed by atoms with van der Waals surface area (Å²) in [7, 11) is 1.83. The van der Waals surface area contributed by atoms with Crippen molar-refractivity contribution in [1.29, 1.82) is 0 Å². The largest absolute Gasteiger partial charge is 0.298 e. The van der Waals surface area contributed by atoms with Gasteiger partial charge in [-0.2, -0.15) is 5.10 Å². The Kier molecular flexibility index (Phi) is 2.92. The van der Waals surface area contributed by atoms with E-state index in [1.807, 2.05) is 38.2 Å². The molecule has 82 valence electrons. The summed E-state index contributed by atoms with van der Waals surface area (Å²) in [5.41, 5.74) is 3.61. The van der Waals surface area contributed by atoms with Crippen molar-refractivity contribution in [3.63, 3.8) is 0 Å². The van der Waals surface area contributed by atoms with Crippen LogP contribution in [0, 0.1) is 6.92 Å². The van der Waals surface area contributed by atoms with Crippen molar-refractivity contribution in [2.24, 2.45) is 7.05 Å². The summed E-state index contributed by atoms with van der Waals surface area (Å²) in [5.74, 6) is 0. The van der Waals surface area contributed by atoms with Gasteiger partial charge in [0.05, 0.1) is 11.3 Å². The number of aldehydes is 1. The van der Waals surface area contributed by atoms with Crippen molar-refractivity contribution in [2.45, 2.75) is 6.92 Å². The average Bonchev–Trinajstić information content (AvgIpc) is 2.54. The molecule has 2 aromatic rings. The van der Waals surface area contributed by atoms with Crippen LogP contribution < -0.4 is 0 Å². The van der Waals surface area contributed by atoms with E-state index in [-0.39, 0.29) is 0 Å². The second-order valence-electron chi connectivity index (χ2n) is 3.66. The minimum absolute atomic E-state index is 0.584. The van der Waals surface area contributed by atoms with E-state index >= 15 is 0 Å². The molecular formula is C12H11BrN2O. The number of nitrogens with zero attached hydrogens (tertiary/aromatic N) is 2. The monoisotopic (exact) mass is 278 g/mol. The fourth-order valence-corrected chi connectivity index (χ4v) is 2.18. The van der Waals surface area contributed by atoms with E-state index in [9.17, 15) is 4.79 Å². The van der Waals surface area contributed by atoms with Crippen molar-refractivity contribution < 1.29 is 4.79 Å². The number of carbonyl (C=O) groups is 1. The molecule has 4 heteroatoms. The van der Waals surface area contributed by atoms with Crippen molar-refractivity contribution in [3.8, 4) is 11.3 Å². The molecule has 0 radical (unpaired) electrons. The van der Waals surface area contributed by atoms with Gasteiger partial charge >= 0.3 is 0 Å². The molecule has 1 aromatic carbocycles. The second kappa shape index (κ2) is 4.22. The summed E-state index contributed by atoms with van der Waals surface area (Å²) in [4.78, 5) is 11.0. The topological polar surface area (TPSA) is 34.9 Å². The third-order valence-corrected chi connectivity index (χ3v) is 3.07. The first-order valence-corrected chi connectivity index (χ1v) is 5.67. The molecule has 0 saturated heterocycles. The van der Waals surface area contributed by atoms with E-state index in [0.717, 1.165) is 17.5 Å². The van der Waals surface area contributed by atoms with Crippen molar-refractivity contribution in [2.75, 3.05) is 0 Å². The van der Waals surface area contributed by atoms with E-state index in [0.29, 0.717) is 10.2 Å². The summed E-state index contributed by atoms with van der Waals surface area (Å²) >= 11 is 3.28. The first-order chi connectivity index (χ1) is 7.63. The van der Waals surface area contributed by atoms with Crippen LogP contribution in [0.15, 0.2) is 28.9 Å². The number of aryl methyl sites for hydroxylation is 2. The number of aromatic nitrogens is 2. The highest BCUT2D eigenvalue weighted by atomic mass is 79.9. The summed E-state index contributed by atoms with van der Waals surface area (Å²) in [5, 5.41) is 4.18. The molecule has 2 rings (SSSR count). The van der Waals surface area contributed by atoms with Crippen molar-refractivity contribution in [3.05, 3.63) is 40.0 Å². The lowest BCUT2D eigenvalue weighted by Gasteiger charge is -2.03. The second-order valence-corrected chi connectivity index (χ2v) is 4.41. The van der Waals surface area contributed by atoms with Crippen LogP contribution in [0.1, 0.15) is 15.9 Å². The van der Waals surface area contributed by atoms with Crippen LogP contribution in [0.4, 0.5) is 0 Å². The molecule has 0 N–H and O–H groups in total. The molecule has 3 nitrogen and oxygen atoms in total. The Bertz CT molecular complexity index is 529. The highest BCUT2D eigenvalue weighted by Crippen LogP contribution is 2.27. The SMILES string of the molecule is Cc1ccc(-c2c(C=O)c(Br)nn2C)cc1. The fraction of sp³-hybridized carbons (Fsp3) is 0.167. The van der Waals surface area contributed by atoms with Gasteiger partial charge in [0.15, 0.2) is 6.29 Å². The number of hydrogen-bond donors (Lipinski definition) is 0. The number of halogens is 1. The Morgan fingerprint density at radius 1 is 1.31 bits per heavy atom. The molecule has 1 aromatic heterocycles. The molecule has 0 fully saturated rings. The van der Waals surface area contributed by atoms with Gasteiger partial charge in [0.2, 0.25) is 0 Å². The Morgan fingerprint density at radius 3 is 2.50 bits per heavy atom. The summed E-state index contributed by atoms with van der Waals surface area (Å²) in [6.07, 6.45) is 0.826. The molecule has 0 bridgehead atoms. The Morgan fingerprint density at radius 2 is 1.94 bits per heavy atom. The van der Waals surface area contributed by atoms with Gasteiger partial charge in [0.25, 0.3) is 0 Å². The summed E-state index contributed by atoms with van der Waals surface area (Å²) in [6.45, 7) is 2.03. The lowest BCUT2D eigenvalue weighted by molar-refractivity contribution is 0.112. The van der Waals surface area contributed by atoms with Gasteiger partial charge in [0.1, 0.15) is 4.60 Å². The molecule has 0 spiro atoms. The molecule has 0 atom stereocenters. The van der Waals surface area contributed by atoms with Gasteiger partial charge in [-0.25, -0.2) is 0 Å². The smallest absolute Gasteiger partial charge is 0.155 e. The van der Waals surface area contributed by atoms with E-state index in [1.165, 1.54) is 5.56 Å². The van der Waals surface area contributed by atoms with Crippen LogP contribution in [0.3, 0.4) is 0 Å². The van der Waals surface area contributed by atoms with Gasteiger partial charge in [-0.05, 0) is 22.9 Å². The van der Waals surface area contributed by atoms with E-state index < -0.39 is 0 Å². The molecule has 0 saturated carbocycles. The minimum Gasteiger partial charge on any atom is -0.298 e. The van der Waals surface area contributed by atoms with Gasteiger partial charge in [-0.3, -0.25) is 9.48 Å². The first-order valence-electron chi connectivity index (χ1n) is 4.88. The number of hydrogen-bond acceptors (Lipinski definition) is 2. The van der Waals surface area contributed by atoms with E-state index in [1.54, 1.807) is 4.68 Å². The van der Waals surface area contributed by atoms with E-state index in [2.05, 4.69) is 21.0 Å². The number of rotatable bonds is 2. The highest BCUT2D eigenvalue weighted by Gasteiger charge is 2.14. The molecule has 0 aliphatic rings. The fourth-order valence-electron chi connectivity index (χ4n) is 1.67.